The average molecular weight is 475 g/mol. The third-order valence-electron chi connectivity index (χ3n) is 3.56. The zero-order chi connectivity index (χ0) is 17.9. The van der Waals surface area contributed by atoms with Crippen LogP contribution in [0.3, 0.4) is 0 Å². The second-order valence-electron chi connectivity index (χ2n) is 5.70. The Hall–Kier alpha value is -1.61. The number of nitrogens with one attached hydrogen (secondary N) is 1. The van der Waals surface area contributed by atoms with Gasteiger partial charge in [0.25, 0.3) is 0 Å². The summed E-state index contributed by atoms with van der Waals surface area (Å²) in [6.45, 7) is 5.29. The SMILES string of the molecule is CCNC(=NCCCOCc1ccco1)N(C)Cc1ccc(F)cc1.I. The van der Waals surface area contributed by atoms with Crippen LogP contribution in [0.15, 0.2) is 52.1 Å². The highest BCUT2D eigenvalue weighted by Crippen LogP contribution is 2.06. The zero-order valence-corrected chi connectivity index (χ0v) is 17.6. The van der Waals surface area contributed by atoms with Crippen molar-refractivity contribution in [3.05, 3.63) is 59.8 Å². The summed E-state index contributed by atoms with van der Waals surface area (Å²) in [5.41, 5.74) is 1.04. The minimum atomic E-state index is -0.221. The number of aliphatic imine (C=N–C) groups is 1. The third kappa shape index (κ3) is 8.18. The Balaban J connectivity index is 0.00000338. The first-order valence-corrected chi connectivity index (χ1v) is 8.53. The number of furan rings is 1. The molecule has 1 N–H and O–H groups in total. The van der Waals surface area contributed by atoms with Crippen molar-refractivity contribution in [1.82, 2.24) is 10.2 Å². The largest absolute Gasteiger partial charge is 0.467 e. The summed E-state index contributed by atoms with van der Waals surface area (Å²) in [7, 11) is 1.97. The quantitative estimate of drug-likeness (QED) is 0.258. The van der Waals surface area contributed by atoms with Crippen molar-refractivity contribution in [2.45, 2.75) is 26.5 Å². The number of nitrogens with zero attached hydrogens (tertiary/aromatic N) is 2. The summed E-state index contributed by atoms with van der Waals surface area (Å²) in [5, 5.41) is 3.27. The number of benzene rings is 1. The molecule has 26 heavy (non-hydrogen) atoms. The van der Waals surface area contributed by atoms with E-state index in [0.29, 0.717) is 26.3 Å². The molecule has 0 spiro atoms. The molecule has 144 valence electrons. The standard InChI is InChI=1S/C19H26FN3O2.HI/c1-3-21-19(23(2)14-16-7-9-17(20)10-8-16)22-11-5-12-24-15-18-6-4-13-25-18;/h4,6-10,13H,3,5,11-12,14-15H2,1-2H3,(H,21,22);1H. The highest BCUT2D eigenvalue weighted by atomic mass is 127. The number of rotatable bonds is 9. The average Bonchev–Trinajstić information content (AvgIpc) is 3.12. The van der Waals surface area contributed by atoms with Crippen molar-refractivity contribution in [3.63, 3.8) is 0 Å². The molecule has 0 aliphatic heterocycles. The van der Waals surface area contributed by atoms with E-state index in [1.165, 1.54) is 12.1 Å². The lowest BCUT2D eigenvalue weighted by molar-refractivity contribution is 0.105. The van der Waals surface area contributed by atoms with Crippen LogP contribution in [-0.4, -0.2) is 37.6 Å². The Labute approximate surface area is 171 Å². The molecular formula is C19H27FIN3O2. The van der Waals surface area contributed by atoms with Gasteiger partial charge in [0.1, 0.15) is 18.2 Å². The Kier molecular flexibility index (Phi) is 11.0. The second-order valence-corrected chi connectivity index (χ2v) is 5.70. The van der Waals surface area contributed by atoms with Crippen molar-refractivity contribution in [2.24, 2.45) is 4.99 Å². The van der Waals surface area contributed by atoms with Gasteiger partial charge in [-0.1, -0.05) is 12.1 Å². The molecule has 0 aliphatic carbocycles. The van der Waals surface area contributed by atoms with Crippen LogP contribution in [0.25, 0.3) is 0 Å². The molecule has 0 fully saturated rings. The summed E-state index contributed by atoms with van der Waals surface area (Å²) in [6, 6.07) is 10.3. The molecule has 1 heterocycles. The lowest BCUT2D eigenvalue weighted by atomic mass is 10.2. The molecule has 1 aromatic heterocycles. The first-order valence-electron chi connectivity index (χ1n) is 8.53. The highest BCUT2D eigenvalue weighted by molar-refractivity contribution is 14.0. The molecule has 0 atom stereocenters. The molecule has 0 aliphatic rings. The van der Waals surface area contributed by atoms with Crippen LogP contribution in [0.4, 0.5) is 4.39 Å². The molecule has 2 aromatic rings. The smallest absolute Gasteiger partial charge is 0.193 e. The Morgan fingerprint density at radius 2 is 2.04 bits per heavy atom. The van der Waals surface area contributed by atoms with Gasteiger partial charge in [-0.05, 0) is 43.2 Å². The molecule has 0 saturated carbocycles. The van der Waals surface area contributed by atoms with Gasteiger partial charge >= 0.3 is 0 Å². The molecule has 1 aromatic carbocycles. The predicted octanol–water partition coefficient (Wildman–Crippen LogP) is 4.04. The summed E-state index contributed by atoms with van der Waals surface area (Å²) < 4.78 is 23.8. The van der Waals surface area contributed by atoms with E-state index in [1.807, 2.05) is 31.0 Å². The van der Waals surface area contributed by atoms with Crippen LogP contribution < -0.4 is 5.32 Å². The van der Waals surface area contributed by atoms with E-state index in [1.54, 1.807) is 18.4 Å². The van der Waals surface area contributed by atoms with Gasteiger partial charge in [-0.25, -0.2) is 4.39 Å². The van der Waals surface area contributed by atoms with Gasteiger partial charge < -0.3 is 19.4 Å². The molecule has 0 saturated heterocycles. The Morgan fingerprint density at radius 3 is 2.69 bits per heavy atom. The van der Waals surface area contributed by atoms with E-state index in [0.717, 1.165) is 30.2 Å². The van der Waals surface area contributed by atoms with Crippen LogP contribution in [0.5, 0.6) is 0 Å². The van der Waals surface area contributed by atoms with E-state index < -0.39 is 0 Å². The fraction of sp³-hybridized carbons (Fsp3) is 0.421. The van der Waals surface area contributed by atoms with E-state index in [2.05, 4.69) is 10.3 Å². The fourth-order valence-corrected chi connectivity index (χ4v) is 2.33. The van der Waals surface area contributed by atoms with E-state index in [-0.39, 0.29) is 29.8 Å². The van der Waals surface area contributed by atoms with Crippen molar-refractivity contribution in [3.8, 4) is 0 Å². The molecule has 0 radical (unpaired) electrons. The van der Waals surface area contributed by atoms with Gasteiger partial charge in [-0.3, -0.25) is 4.99 Å². The number of hydrogen-bond acceptors (Lipinski definition) is 3. The van der Waals surface area contributed by atoms with Crippen LogP contribution in [0.1, 0.15) is 24.7 Å². The maximum atomic E-state index is 13.0. The maximum absolute atomic E-state index is 13.0. The number of halogens is 2. The van der Waals surface area contributed by atoms with Crippen LogP contribution >= 0.6 is 24.0 Å². The third-order valence-corrected chi connectivity index (χ3v) is 3.56. The molecule has 7 heteroatoms. The number of hydrogen-bond donors (Lipinski definition) is 1. The molecule has 0 amide bonds. The van der Waals surface area contributed by atoms with E-state index >= 15 is 0 Å². The second kappa shape index (κ2) is 12.7. The Bertz CT molecular complexity index is 633. The zero-order valence-electron chi connectivity index (χ0n) is 15.3. The molecule has 5 nitrogen and oxygen atoms in total. The lowest BCUT2D eigenvalue weighted by Gasteiger charge is -2.22. The minimum Gasteiger partial charge on any atom is -0.467 e. The van der Waals surface area contributed by atoms with Crippen LogP contribution in [0.2, 0.25) is 0 Å². The first kappa shape index (κ1) is 22.4. The van der Waals surface area contributed by atoms with Crippen molar-refractivity contribution >= 4 is 29.9 Å². The Morgan fingerprint density at radius 1 is 1.27 bits per heavy atom. The van der Waals surface area contributed by atoms with Crippen molar-refractivity contribution < 1.29 is 13.5 Å². The summed E-state index contributed by atoms with van der Waals surface area (Å²) in [5.74, 6) is 1.44. The van der Waals surface area contributed by atoms with Gasteiger partial charge in [0, 0.05) is 33.3 Å². The molecule has 0 bridgehead atoms. The van der Waals surface area contributed by atoms with E-state index in [4.69, 9.17) is 9.15 Å². The van der Waals surface area contributed by atoms with Gasteiger partial charge in [0.15, 0.2) is 5.96 Å². The highest BCUT2D eigenvalue weighted by Gasteiger charge is 2.06. The van der Waals surface area contributed by atoms with E-state index in [9.17, 15) is 4.39 Å². The maximum Gasteiger partial charge on any atom is 0.193 e. The van der Waals surface area contributed by atoms with Gasteiger partial charge in [0.05, 0.1) is 6.26 Å². The number of ether oxygens (including phenoxy) is 1. The predicted molar refractivity (Wildman–Crippen MR) is 112 cm³/mol. The minimum absolute atomic E-state index is 0. The summed E-state index contributed by atoms with van der Waals surface area (Å²) in [4.78, 5) is 6.64. The van der Waals surface area contributed by atoms with Gasteiger partial charge in [0.2, 0.25) is 0 Å². The molecular weight excluding hydrogens is 448 g/mol. The molecule has 0 unspecified atom stereocenters. The normalized spacial score (nSPS) is 11.1. The van der Waals surface area contributed by atoms with Crippen molar-refractivity contribution in [2.75, 3.05) is 26.7 Å². The van der Waals surface area contributed by atoms with Crippen LogP contribution in [-0.2, 0) is 17.9 Å². The molecule has 2 rings (SSSR count). The number of guanidine groups is 1. The lowest BCUT2D eigenvalue weighted by Crippen LogP contribution is -2.38. The van der Waals surface area contributed by atoms with Gasteiger partial charge in [-0.2, -0.15) is 0 Å². The summed E-state index contributed by atoms with van der Waals surface area (Å²) in [6.07, 6.45) is 2.47. The van der Waals surface area contributed by atoms with Gasteiger partial charge in [-0.15, -0.1) is 24.0 Å². The van der Waals surface area contributed by atoms with Crippen molar-refractivity contribution in [1.29, 1.82) is 0 Å². The topological polar surface area (TPSA) is 50.0 Å². The van der Waals surface area contributed by atoms with Crippen LogP contribution in [0, 0.1) is 5.82 Å². The fourth-order valence-electron chi connectivity index (χ4n) is 2.33. The monoisotopic (exact) mass is 475 g/mol. The first-order chi connectivity index (χ1) is 12.2. The summed E-state index contributed by atoms with van der Waals surface area (Å²) >= 11 is 0.